The number of aromatic carboxylic acids is 1. The number of hydrogen-bond acceptors (Lipinski definition) is 31. The molecule has 15 unspecified atom stereocenters. The van der Waals surface area contributed by atoms with Gasteiger partial charge in [0.15, 0.2) is 24.1 Å². The molecule has 4 aromatic carbocycles. The van der Waals surface area contributed by atoms with Crippen molar-refractivity contribution >= 4 is 70.0 Å². The summed E-state index contributed by atoms with van der Waals surface area (Å²) in [6.07, 6.45) is -10.5. The van der Waals surface area contributed by atoms with Crippen LogP contribution in [0.2, 0.25) is 0 Å². The van der Waals surface area contributed by atoms with Gasteiger partial charge in [0.05, 0.1) is 30.2 Å². The first kappa shape index (κ1) is 115. The van der Waals surface area contributed by atoms with Crippen LogP contribution in [0, 0.1) is 11.8 Å². The third kappa shape index (κ3) is 38.0. The maximum Gasteiger partial charge on any atom is 1.00 e. The van der Waals surface area contributed by atoms with Gasteiger partial charge in [-0.05, 0) is 129 Å². The van der Waals surface area contributed by atoms with Gasteiger partial charge in [-0.1, -0.05) is 109 Å². The number of amides is 2. The molecule has 682 valence electrons. The van der Waals surface area contributed by atoms with E-state index in [-0.39, 0.29) is 103 Å². The number of alkyl halides is 2. The summed E-state index contributed by atoms with van der Waals surface area (Å²) in [5.74, 6) is -2.28. The van der Waals surface area contributed by atoms with Crippen LogP contribution in [0.1, 0.15) is 136 Å². The topological polar surface area (TPSA) is 535 Å². The fourth-order valence-electron chi connectivity index (χ4n) is 12.6. The number of unbranched alkanes of at least 4 members (excludes halogenated alkanes) is 3. The second-order valence-electron chi connectivity index (χ2n) is 27.1. The number of rotatable bonds is 28. The first-order valence-corrected chi connectivity index (χ1v) is 40.3. The summed E-state index contributed by atoms with van der Waals surface area (Å²) in [5, 5.41) is 125. The van der Waals surface area contributed by atoms with E-state index >= 15 is 0 Å². The number of aromatic hydroxyl groups is 1. The van der Waals surface area contributed by atoms with Crippen LogP contribution in [0.3, 0.4) is 0 Å². The number of carbonyl (C=O) groups is 6. The molecule has 3 saturated heterocycles. The third-order valence-electron chi connectivity index (χ3n) is 19.0. The Morgan fingerprint density at radius 2 is 1.04 bits per heavy atom. The van der Waals surface area contributed by atoms with E-state index in [2.05, 4.69) is 60.6 Å². The van der Waals surface area contributed by atoms with Gasteiger partial charge in [0.25, 0.3) is 0 Å². The average molecular weight is 1780 g/mol. The summed E-state index contributed by atoms with van der Waals surface area (Å²) in [6, 6.07) is 32.2. The number of halogens is 2. The van der Waals surface area contributed by atoms with Crippen LogP contribution in [0.15, 0.2) is 118 Å². The second-order valence-corrected chi connectivity index (χ2v) is 27.9. The molecule has 2 aliphatic carbocycles. The van der Waals surface area contributed by atoms with Crippen molar-refractivity contribution in [3.05, 3.63) is 136 Å². The fourth-order valence-corrected chi connectivity index (χ4v) is 12.6. The van der Waals surface area contributed by atoms with Crippen molar-refractivity contribution in [2.24, 2.45) is 17.6 Å². The zero-order chi connectivity index (χ0) is 90.1. The molecule has 16 N–H and O–H groups in total. The van der Waals surface area contributed by atoms with Gasteiger partial charge in [-0.15, -0.1) is 23.2 Å². The fraction of sp³-hybridized carbons (Fsp3) is 0.565. The van der Waals surface area contributed by atoms with E-state index in [1.54, 1.807) is 30.3 Å². The van der Waals surface area contributed by atoms with E-state index in [1.807, 2.05) is 38.1 Å². The molecule has 34 nitrogen and oxygen atoms in total. The Kier molecular flexibility index (Phi) is 60.0. The maximum atomic E-state index is 11.8. The van der Waals surface area contributed by atoms with Crippen molar-refractivity contribution in [1.29, 1.82) is 0 Å². The summed E-state index contributed by atoms with van der Waals surface area (Å²) in [5.41, 5.74) is 12.3. The Morgan fingerprint density at radius 1 is 0.557 bits per heavy atom. The van der Waals surface area contributed by atoms with Crippen molar-refractivity contribution in [2.45, 2.75) is 194 Å². The minimum Gasteiger partial charge on any atom is -0.857 e. The number of aliphatic hydroxyl groups excluding tert-OH is 10. The van der Waals surface area contributed by atoms with Crippen LogP contribution in [-0.4, -0.2) is 287 Å². The number of esters is 3. The zero-order valence-electron chi connectivity index (χ0n) is 70.8. The molecule has 4 heterocycles. The van der Waals surface area contributed by atoms with Gasteiger partial charge >= 0.3 is 59.5 Å². The number of nitrogens with one attached hydrogen (secondary N) is 2. The van der Waals surface area contributed by atoms with Gasteiger partial charge in [0.1, 0.15) is 79.1 Å². The molecule has 0 bridgehead atoms. The van der Waals surface area contributed by atoms with Crippen LogP contribution < -0.4 is 56.5 Å². The predicted molar refractivity (Wildman–Crippen MR) is 450 cm³/mol. The number of ether oxygens (including phenoxy) is 9. The molecule has 6 aliphatic rings. The molecule has 0 aromatic heterocycles. The molecular weight excluding hydrogens is 1650 g/mol. The Bertz CT molecular complexity index is 3910. The smallest absolute Gasteiger partial charge is 0.857 e. The van der Waals surface area contributed by atoms with E-state index < -0.39 is 123 Å². The largest absolute Gasteiger partial charge is 1.00 e. The van der Waals surface area contributed by atoms with E-state index in [9.17, 15) is 74.4 Å². The van der Waals surface area contributed by atoms with Crippen molar-refractivity contribution < 1.29 is 172 Å². The Labute approximate surface area is 745 Å². The van der Waals surface area contributed by atoms with Crippen LogP contribution in [0.25, 0.3) is 44.5 Å². The Balaban J connectivity index is 0.00000144. The van der Waals surface area contributed by atoms with E-state index in [4.69, 9.17) is 102 Å². The van der Waals surface area contributed by atoms with Crippen molar-refractivity contribution in [2.75, 3.05) is 105 Å². The molecule has 122 heavy (non-hydrogen) atoms. The monoisotopic (exact) mass is 1780 g/mol. The minimum atomic E-state index is -1.43. The average Bonchev–Trinajstić information content (AvgIpc) is 1.40. The molecule has 0 radical (unpaired) electrons. The number of benzene rings is 5. The number of phenols is 1. The number of carbonyl (C=O) groups excluding carboxylic acids is 5. The molecule has 10 rings (SSSR count). The minimum absolute atomic E-state index is 0. The molecule has 4 aromatic rings. The first-order chi connectivity index (χ1) is 57.4. The number of hydrogen-bond donors (Lipinski definition) is 15. The second kappa shape index (κ2) is 63.7. The number of aliphatic hydroxyl groups is 10. The van der Waals surface area contributed by atoms with Crippen molar-refractivity contribution in [1.82, 2.24) is 15.5 Å². The van der Waals surface area contributed by atoms with E-state index in [0.29, 0.717) is 92.0 Å². The van der Waals surface area contributed by atoms with Gasteiger partial charge < -0.3 is 135 Å². The number of nitrogens with two attached hydrogens (primary N) is 1. The molecule has 15 atom stereocenters. The van der Waals surface area contributed by atoms with Crippen LogP contribution in [-0.2, 0) is 61.8 Å². The zero-order valence-corrected chi connectivity index (χ0v) is 74.3. The van der Waals surface area contributed by atoms with E-state index in [1.165, 1.54) is 99.9 Å². The number of nitrogens with zero attached hydrogens (tertiary/aromatic N) is 1. The molecule has 2 amide bonds. The molecule has 0 saturated carbocycles. The standard InChI is InChI=1S/C20H12O5.C19H21NO3.C14H22O7.C12H23NO7.C10H21NO6.C6H15N.CH2Cl2.CH4O.CH3O.CH4.Na/c21-11-5-7-15-17(9-11)25-18-10-12(22)6-8-16(18)19(15)13-3-1-2-4-14(13)20(23)24;21-12-6-5-11-20-19(22)23-13-18-16-9-3-1-7-14(16)15-8-2-4-10-17(15)18;1-7-8(2)13(19-10(4)16)14(20-11(5)17)21-12(7)6-18-9(3)15;1-7(15)13-4-2-3-5-19-12-11(18)10(17)9(16)8(6-14)20-12;11-3-1-2-4-16-10-9(15)8(14)7(13)6(5-12)17-10;1-4-7(5-2)6-3;2-1-3;2*1-2;;/h1-10,21H,(H,23,24);1-4,7-10,18,21H,5-6,11-13H2,(H,20,22);7-8,12-14H,6H2,1-5H3;8-12,14,16-18H,2-6H2,1H3,(H,13,15);6-10,12-15H,1-5,11H2;4-6H2,1-3H3;1H2;2H,1H3;1H3;1H4;/q;;;;;;;;-1;;+1. The van der Waals surface area contributed by atoms with E-state index in [0.717, 1.165) is 27.1 Å². The Hall–Kier alpha value is -7.15. The first-order valence-electron chi connectivity index (χ1n) is 39.3. The van der Waals surface area contributed by atoms with Crippen LogP contribution >= 0.6 is 23.2 Å². The molecular formula is C85H127Cl2N4NaO30. The Morgan fingerprint density at radius 3 is 1.51 bits per heavy atom. The molecule has 37 heteroatoms. The number of carboxylic acids is 1. The van der Waals surface area contributed by atoms with Gasteiger partial charge in [-0.25, -0.2) is 9.59 Å². The molecule has 0 spiro atoms. The summed E-state index contributed by atoms with van der Waals surface area (Å²) in [7, 11) is 1.75. The quantitative estimate of drug-likeness (QED) is 0.00838. The number of alkyl carbamates (subject to hydrolysis) is 1. The van der Waals surface area contributed by atoms with Crippen LogP contribution in [0.5, 0.6) is 5.75 Å². The normalized spacial score (nSPS) is 21.9. The summed E-state index contributed by atoms with van der Waals surface area (Å²) < 4.78 is 52.9. The van der Waals surface area contributed by atoms with Crippen molar-refractivity contribution in [3.63, 3.8) is 0 Å². The predicted octanol–water partition coefficient (Wildman–Crippen LogP) is 2.56. The summed E-state index contributed by atoms with van der Waals surface area (Å²) in [4.78, 5) is 81.5. The summed E-state index contributed by atoms with van der Waals surface area (Å²) in [6.45, 7) is 21.0. The number of phenolic OH excluding ortho intramolecular Hbond substituents is 1. The van der Waals surface area contributed by atoms with Crippen LogP contribution in [0.4, 0.5) is 4.79 Å². The number of carboxylic acid groups (broad SMARTS) is 1. The number of fused-ring (bicyclic) bond motifs is 5. The third-order valence-corrected chi connectivity index (χ3v) is 19.0. The van der Waals surface area contributed by atoms with Gasteiger partial charge in [0.2, 0.25) is 12.2 Å². The van der Waals surface area contributed by atoms with Gasteiger partial charge in [-0.3, -0.25) is 24.0 Å². The molecule has 4 aliphatic heterocycles. The van der Waals surface area contributed by atoms with Gasteiger partial charge in [-0.2, -0.15) is 7.11 Å². The summed E-state index contributed by atoms with van der Waals surface area (Å²) >= 11 is 9.53. The van der Waals surface area contributed by atoms with Crippen molar-refractivity contribution in [3.8, 4) is 39.3 Å². The molecule has 3 fully saturated rings. The maximum absolute atomic E-state index is 11.8. The SMILES string of the molecule is C.CC(=O)NCCCCOC1OC(CO)C(O)C(O)C1O.CC(=O)OCC1OC(OC(C)=O)C(OC(C)=O)C(C)C1C.CCN(CC)CC.CO.C[O-].ClCCl.NCCCCOC1OC(CO)C(O)C(O)C1O.O=C(NCCCCO)OCC1c2ccccc2-c2ccccc21.O=C(O)c1ccccc1-c1c2ccc(=O)cc-2oc2cc(O)ccc12.[Na+]. The van der Waals surface area contributed by atoms with Gasteiger partial charge in [0, 0.05) is 108 Å².